The first-order valence-corrected chi connectivity index (χ1v) is 4.86. The number of thiol groups is 1. The lowest BCUT2D eigenvalue weighted by molar-refractivity contribution is 0.406. The van der Waals surface area contributed by atoms with E-state index in [2.05, 4.69) is 36.6 Å². The van der Waals surface area contributed by atoms with E-state index in [0.29, 0.717) is 0 Å². The summed E-state index contributed by atoms with van der Waals surface area (Å²) in [5, 5.41) is 1.10. The molecule has 0 aromatic carbocycles. The Morgan fingerprint density at radius 3 is 2.82 bits per heavy atom. The molecule has 0 saturated carbocycles. The molecule has 1 aromatic heterocycles. The van der Waals surface area contributed by atoms with Gasteiger partial charge in [0, 0.05) is 23.4 Å². The van der Waals surface area contributed by atoms with Gasteiger partial charge in [-0.15, -0.1) is 11.3 Å². The molecule has 0 saturated heterocycles. The van der Waals surface area contributed by atoms with Crippen molar-refractivity contribution in [3.8, 4) is 0 Å². The summed E-state index contributed by atoms with van der Waals surface area (Å²) in [7, 11) is 4.11. The van der Waals surface area contributed by atoms with Crippen molar-refractivity contribution < 1.29 is 0 Å². The number of hydrogen-bond acceptors (Lipinski definition) is 4. The minimum Gasteiger partial charge on any atom is -0.304 e. The van der Waals surface area contributed by atoms with Crippen LogP contribution in [0.15, 0.2) is 6.20 Å². The summed E-state index contributed by atoms with van der Waals surface area (Å²) in [5.74, 6) is 0.748. The van der Waals surface area contributed by atoms with Crippen molar-refractivity contribution in [3.63, 3.8) is 0 Å². The topological polar surface area (TPSA) is 16.1 Å². The molecule has 0 unspecified atom stereocenters. The van der Waals surface area contributed by atoms with Crippen molar-refractivity contribution in [3.05, 3.63) is 16.1 Å². The lowest BCUT2D eigenvalue weighted by atomic mass is 10.5. The molecule has 1 aromatic rings. The van der Waals surface area contributed by atoms with Crippen molar-refractivity contribution in [2.45, 2.75) is 12.3 Å². The number of nitrogens with zero attached hydrogens (tertiary/aromatic N) is 2. The van der Waals surface area contributed by atoms with Crippen LogP contribution in [0.2, 0.25) is 0 Å². The smallest absolute Gasteiger partial charge is 0.102 e. The van der Waals surface area contributed by atoms with E-state index in [9.17, 15) is 0 Å². The van der Waals surface area contributed by atoms with Gasteiger partial charge in [-0.3, -0.25) is 0 Å². The third kappa shape index (κ3) is 2.81. The highest BCUT2D eigenvalue weighted by Crippen LogP contribution is 2.15. The second kappa shape index (κ2) is 4.09. The summed E-state index contributed by atoms with van der Waals surface area (Å²) in [6.07, 6.45) is 1.93. The minimum absolute atomic E-state index is 0.748. The summed E-state index contributed by atoms with van der Waals surface area (Å²) < 4.78 is 0. The first-order valence-electron chi connectivity index (χ1n) is 3.41. The largest absolute Gasteiger partial charge is 0.304 e. The number of rotatable bonds is 3. The molecule has 0 spiro atoms. The van der Waals surface area contributed by atoms with Crippen molar-refractivity contribution >= 4 is 24.0 Å². The summed E-state index contributed by atoms with van der Waals surface area (Å²) in [5.41, 5.74) is 0. The van der Waals surface area contributed by atoms with Gasteiger partial charge in [0.25, 0.3) is 0 Å². The van der Waals surface area contributed by atoms with Crippen LogP contribution in [0.25, 0.3) is 0 Å². The summed E-state index contributed by atoms with van der Waals surface area (Å²) in [4.78, 5) is 7.64. The maximum absolute atomic E-state index is 4.20. The van der Waals surface area contributed by atoms with Gasteiger partial charge < -0.3 is 4.90 Å². The molecule has 0 radical (unpaired) electrons. The third-order valence-corrected chi connectivity index (χ3v) is 2.70. The Labute approximate surface area is 76.7 Å². The van der Waals surface area contributed by atoms with Gasteiger partial charge in [0.05, 0.1) is 0 Å². The molecule has 4 heteroatoms. The molecule has 1 heterocycles. The standard InChI is InChI=1S/C7H12N2S2/c1-9(2)4-6-3-8-7(5-10)11-6/h3,10H,4-5H2,1-2H3. The first kappa shape index (κ1) is 9.03. The average Bonchev–Trinajstić information content (AvgIpc) is 2.34. The van der Waals surface area contributed by atoms with E-state index < -0.39 is 0 Å². The highest BCUT2D eigenvalue weighted by Gasteiger charge is 2.00. The van der Waals surface area contributed by atoms with E-state index in [-0.39, 0.29) is 0 Å². The van der Waals surface area contributed by atoms with E-state index in [1.807, 2.05) is 6.20 Å². The van der Waals surface area contributed by atoms with E-state index in [1.165, 1.54) is 4.88 Å². The molecular weight excluding hydrogens is 176 g/mol. The Hall–Kier alpha value is -0.0600. The fourth-order valence-corrected chi connectivity index (χ4v) is 1.98. The van der Waals surface area contributed by atoms with Gasteiger partial charge in [-0.1, -0.05) is 0 Å². The number of thiazole rings is 1. The zero-order chi connectivity index (χ0) is 8.27. The van der Waals surface area contributed by atoms with E-state index in [1.54, 1.807) is 11.3 Å². The van der Waals surface area contributed by atoms with Crippen molar-refractivity contribution in [2.24, 2.45) is 0 Å². The summed E-state index contributed by atoms with van der Waals surface area (Å²) in [6, 6.07) is 0. The predicted molar refractivity (Wildman–Crippen MR) is 52.2 cm³/mol. The number of aromatic nitrogens is 1. The van der Waals surface area contributed by atoms with Gasteiger partial charge in [-0.25, -0.2) is 4.98 Å². The van der Waals surface area contributed by atoms with Gasteiger partial charge in [0.2, 0.25) is 0 Å². The normalized spacial score (nSPS) is 10.9. The van der Waals surface area contributed by atoms with Crippen LogP contribution in [0.5, 0.6) is 0 Å². The van der Waals surface area contributed by atoms with Crippen LogP contribution in [-0.4, -0.2) is 24.0 Å². The Bertz CT molecular complexity index is 220. The number of hydrogen-bond donors (Lipinski definition) is 1. The molecule has 2 nitrogen and oxygen atoms in total. The average molecular weight is 188 g/mol. The van der Waals surface area contributed by atoms with Crippen molar-refractivity contribution in [2.75, 3.05) is 14.1 Å². The highest BCUT2D eigenvalue weighted by molar-refractivity contribution is 7.79. The molecule has 0 amide bonds. The molecule has 1 rings (SSSR count). The van der Waals surface area contributed by atoms with Gasteiger partial charge >= 0.3 is 0 Å². The van der Waals surface area contributed by atoms with Gasteiger partial charge in [-0.2, -0.15) is 12.6 Å². The molecule has 62 valence electrons. The van der Waals surface area contributed by atoms with Crippen LogP contribution in [-0.2, 0) is 12.3 Å². The summed E-state index contributed by atoms with van der Waals surface area (Å²) in [6.45, 7) is 0.978. The quantitative estimate of drug-likeness (QED) is 0.726. The first-order chi connectivity index (χ1) is 5.22. The Kier molecular flexibility index (Phi) is 3.36. The zero-order valence-corrected chi connectivity index (χ0v) is 8.45. The van der Waals surface area contributed by atoms with Gasteiger partial charge in [0.15, 0.2) is 0 Å². The Morgan fingerprint density at radius 1 is 1.64 bits per heavy atom. The lowest BCUT2D eigenvalue weighted by Gasteiger charge is -2.05. The molecule has 11 heavy (non-hydrogen) atoms. The van der Waals surface area contributed by atoms with E-state index >= 15 is 0 Å². The van der Waals surface area contributed by atoms with Gasteiger partial charge in [0.1, 0.15) is 5.01 Å². The van der Waals surface area contributed by atoms with Crippen LogP contribution >= 0.6 is 24.0 Å². The van der Waals surface area contributed by atoms with Crippen LogP contribution in [0.1, 0.15) is 9.88 Å². The zero-order valence-electron chi connectivity index (χ0n) is 6.74. The lowest BCUT2D eigenvalue weighted by Crippen LogP contribution is -2.09. The fraction of sp³-hybridized carbons (Fsp3) is 0.571. The highest BCUT2D eigenvalue weighted by atomic mass is 32.1. The van der Waals surface area contributed by atoms with Crippen LogP contribution in [0.4, 0.5) is 0 Å². The van der Waals surface area contributed by atoms with Crippen LogP contribution in [0.3, 0.4) is 0 Å². The Balaban J connectivity index is 2.58. The minimum atomic E-state index is 0.748. The fourth-order valence-electron chi connectivity index (χ4n) is 0.806. The second-order valence-corrected chi connectivity index (χ2v) is 4.13. The Morgan fingerprint density at radius 2 is 2.36 bits per heavy atom. The molecule has 0 aliphatic rings. The molecule has 0 fully saturated rings. The van der Waals surface area contributed by atoms with Crippen molar-refractivity contribution in [1.29, 1.82) is 0 Å². The monoisotopic (exact) mass is 188 g/mol. The third-order valence-electron chi connectivity index (χ3n) is 1.21. The molecule has 0 aliphatic heterocycles. The molecular formula is C7H12N2S2. The maximum atomic E-state index is 4.20. The maximum Gasteiger partial charge on any atom is 0.102 e. The predicted octanol–water partition coefficient (Wildman–Crippen LogP) is 1.63. The second-order valence-electron chi connectivity index (χ2n) is 2.62. The van der Waals surface area contributed by atoms with Crippen LogP contribution < -0.4 is 0 Å². The molecule has 0 atom stereocenters. The SMILES string of the molecule is CN(C)Cc1cnc(CS)s1. The molecule has 0 aliphatic carbocycles. The van der Waals surface area contributed by atoms with Crippen LogP contribution in [0, 0.1) is 0 Å². The summed E-state index contributed by atoms with van der Waals surface area (Å²) >= 11 is 5.88. The molecule has 0 bridgehead atoms. The molecule has 0 N–H and O–H groups in total. The van der Waals surface area contributed by atoms with Crippen molar-refractivity contribution in [1.82, 2.24) is 9.88 Å². The van der Waals surface area contributed by atoms with E-state index in [4.69, 9.17) is 0 Å². The van der Waals surface area contributed by atoms with E-state index in [0.717, 1.165) is 17.3 Å². The van der Waals surface area contributed by atoms with Gasteiger partial charge in [-0.05, 0) is 14.1 Å².